The highest BCUT2D eigenvalue weighted by Gasteiger charge is 2.30. The number of nitrogens with two attached hydrogens (primary N) is 1. The molecule has 0 spiro atoms. The van der Waals surface area contributed by atoms with E-state index in [1.165, 1.54) is 12.3 Å². The van der Waals surface area contributed by atoms with Gasteiger partial charge in [-0.25, -0.2) is 9.37 Å². The van der Waals surface area contributed by atoms with E-state index in [0.717, 1.165) is 35.2 Å². The maximum absolute atomic E-state index is 13.5. The molecule has 0 unspecified atom stereocenters. The molecule has 3 aromatic heterocycles. The van der Waals surface area contributed by atoms with Crippen LogP contribution in [0.4, 0.5) is 10.2 Å². The number of allylic oxidation sites excluding steroid dienone is 2. The van der Waals surface area contributed by atoms with Gasteiger partial charge in [0.05, 0.1) is 28.0 Å². The van der Waals surface area contributed by atoms with Gasteiger partial charge in [0.2, 0.25) is 0 Å². The molecule has 1 aliphatic heterocycles. The molecular weight excluding hydrogens is 491 g/mol. The zero-order valence-corrected chi connectivity index (χ0v) is 19.2. The Morgan fingerprint density at radius 1 is 1.24 bits per heavy atom. The Kier molecular flexibility index (Phi) is 5.61. The van der Waals surface area contributed by atoms with Crippen LogP contribution in [0.25, 0.3) is 22.3 Å². The van der Waals surface area contributed by atoms with Crippen LogP contribution in [0, 0.1) is 5.92 Å². The molecule has 0 bridgehead atoms. The second kappa shape index (κ2) is 8.58. The van der Waals surface area contributed by atoms with Gasteiger partial charge in [0, 0.05) is 36.0 Å². The van der Waals surface area contributed by atoms with E-state index in [9.17, 15) is 14.3 Å². The first-order valence-corrected chi connectivity index (χ1v) is 11.5. The summed E-state index contributed by atoms with van der Waals surface area (Å²) in [5, 5.41) is 16.6. The summed E-state index contributed by atoms with van der Waals surface area (Å²) in [7, 11) is 0. The van der Waals surface area contributed by atoms with Crippen molar-refractivity contribution in [3.8, 4) is 11.1 Å². The van der Waals surface area contributed by atoms with Crippen molar-refractivity contribution in [3.05, 3.63) is 58.5 Å². The number of hydrogen-bond acceptors (Lipinski definition) is 6. The van der Waals surface area contributed by atoms with E-state index in [4.69, 9.17) is 10.7 Å². The topological polar surface area (TPSA) is 118 Å². The number of dihydropyridines is 1. The zero-order chi connectivity index (χ0) is 23.1. The lowest BCUT2D eigenvalue weighted by Crippen LogP contribution is -2.21. The molecule has 4 heterocycles. The molecule has 0 aromatic carbocycles. The minimum absolute atomic E-state index is 0.124. The fraction of sp³-hybridized carbons (Fsp3) is 0.304. The number of carboxylic acid groups (broad SMARTS) is 1. The summed E-state index contributed by atoms with van der Waals surface area (Å²) >= 11 is 3.58. The van der Waals surface area contributed by atoms with Crippen molar-refractivity contribution in [3.63, 3.8) is 0 Å². The Balaban J connectivity index is 1.49. The summed E-state index contributed by atoms with van der Waals surface area (Å²) < 4.78 is 15.8. The van der Waals surface area contributed by atoms with Gasteiger partial charge in [-0.2, -0.15) is 9.61 Å². The fourth-order valence-corrected chi connectivity index (χ4v) is 5.11. The summed E-state index contributed by atoms with van der Waals surface area (Å²) in [5.74, 6) is -0.788. The van der Waals surface area contributed by atoms with Gasteiger partial charge in [-0.15, -0.1) is 0 Å². The Labute approximate surface area is 197 Å². The van der Waals surface area contributed by atoms with Gasteiger partial charge >= 0.3 is 5.97 Å². The molecule has 1 aliphatic carbocycles. The predicted octanol–water partition coefficient (Wildman–Crippen LogP) is 4.29. The van der Waals surface area contributed by atoms with Crippen LogP contribution < -0.4 is 11.1 Å². The van der Waals surface area contributed by atoms with Gasteiger partial charge in [0.1, 0.15) is 11.6 Å². The second-order valence-electron chi connectivity index (χ2n) is 8.39. The average molecular weight is 513 g/mol. The molecule has 4 N–H and O–H groups in total. The molecule has 33 heavy (non-hydrogen) atoms. The van der Waals surface area contributed by atoms with E-state index >= 15 is 0 Å². The first-order chi connectivity index (χ1) is 15.9. The number of rotatable bonds is 4. The molecule has 0 amide bonds. The molecule has 1 fully saturated rings. The minimum Gasteiger partial charge on any atom is -0.481 e. The Bertz CT molecular complexity index is 1290. The van der Waals surface area contributed by atoms with E-state index in [-0.39, 0.29) is 17.7 Å². The van der Waals surface area contributed by atoms with Crippen molar-refractivity contribution in [2.45, 2.75) is 31.6 Å². The molecule has 170 valence electrons. The monoisotopic (exact) mass is 512 g/mol. The van der Waals surface area contributed by atoms with Gasteiger partial charge in [-0.3, -0.25) is 9.78 Å². The van der Waals surface area contributed by atoms with E-state index in [0.29, 0.717) is 41.0 Å². The number of halogens is 2. The highest BCUT2D eigenvalue weighted by Crippen LogP contribution is 2.40. The van der Waals surface area contributed by atoms with Gasteiger partial charge < -0.3 is 16.2 Å². The van der Waals surface area contributed by atoms with E-state index in [2.05, 4.69) is 31.3 Å². The number of hydrogen-bond donors (Lipinski definition) is 3. The third-order valence-electron chi connectivity index (χ3n) is 6.36. The molecule has 5 rings (SSSR count). The van der Waals surface area contributed by atoms with Crippen molar-refractivity contribution < 1.29 is 14.3 Å². The van der Waals surface area contributed by atoms with Crippen molar-refractivity contribution in [1.29, 1.82) is 0 Å². The third kappa shape index (κ3) is 3.99. The molecule has 0 radical (unpaired) electrons. The zero-order valence-electron chi connectivity index (χ0n) is 17.6. The molecule has 0 atom stereocenters. The predicted molar refractivity (Wildman–Crippen MR) is 126 cm³/mol. The van der Waals surface area contributed by atoms with Crippen LogP contribution in [-0.4, -0.2) is 37.2 Å². The minimum atomic E-state index is -0.733. The van der Waals surface area contributed by atoms with E-state index < -0.39 is 5.97 Å². The van der Waals surface area contributed by atoms with Crippen LogP contribution in [0.15, 0.2) is 47.1 Å². The third-order valence-corrected chi connectivity index (χ3v) is 7.17. The number of carboxylic acids is 1. The van der Waals surface area contributed by atoms with Crippen molar-refractivity contribution in [2.24, 2.45) is 5.92 Å². The summed E-state index contributed by atoms with van der Waals surface area (Å²) in [6.45, 7) is 0.510. The summed E-state index contributed by atoms with van der Waals surface area (Å²) in [6.07, 6.45) is 8.96. The SMILES string of the molecule is Nc1c(Br)c(C2CCC(C(=O)O)CC2)nc2c(-c3ccc(C4=CC(F)=CNC4)nc3)cnn12. The Morgan fingerprint density at radius 3 is 2.70 bits per heavy atom. The lowest BCUT2D eigenvalue weighted by atomic mass is 9.80. The summed E-state index contributed by atoms with van der Waals surface area (Å²) in [6, 6.07) is 3.76. The largest absolute Gasteiger partial charge is 0.481 e. The van der Waals surface area contributed by atoms with Crippen LogP contribution in [0.3, 0.4) is 0 Å². The number of aliphatic carboxylic acids is 1. The lowest BCUT2D eigenvalue weighted by molar-refractivity contribution is -0.142. The number of nitrogens with zero attached hydrogens (tertiary/aromatic N) is 4. The summed E-state index contributed by atoms with van der Waals surface area (Å²) in [4.78, 5) is 20.7. The van der Waals surface area contributed by atoms with E-state index in [1.54, 1.807) is 16.9 Å². The fourth-order valence-electron chi connectivity index (χ4n) is 4.53. The molecular formula is C23H22BrFN6O2. The number of fused-ring (bicyclic) bond motifs is 1. The molecule has 3 aromatic rings. The van der Waals surface area contributed by atoms with Crippen LogP contribution in [-0.2, 0) is 4.79 Å². The Morgan fingerprint density at radius 2 is 2.03 bits per heavy atom. The number of carbonyl (C=O) groups is 1. The molecule has 1 saturated carbocycles. The quantitative estimate of drug-likeness (QED) is 0.476. The van der Waals surface area contributed by atoms with Crippen LogP contribution >= 0.6 is 15.9 Å². The second-order valence-corrected chi connectivity index (χ2v) is 9.18. The van der Waals surface area contributed by atoms with Crippen molar-refractivity contribution in [1.82, 2.24) is 24.9 Å². The molecule has 0 saturated heterocycles. The van der Waals surface area contributed by atoms with Crippen molar-refractivity contribution >= 4 is 38.9 Å². The Hall–Kier alpha value is -3.27. The normalized spacial score (nSPS) is 20.8. The first-order valence-electron chi connectivity index (χ1n) is 10.7. The van der Waals surface area contributed by atoms with Crippen LogP contribution in [0.5, 0.6) is 0 Å². The van der Waals surface area contributed by atoms with Gasteiger partial charge in [-0.1, -0.05) is 6.07 Å². The smallest absolute Gasteiger partial charge is 0.306 e. The van der Waals surface area contributed by atoms with Gasteiger partial charge in [-0.05, 0) is 59.3 Å². The standard InChI is InChI=1S/C23H22BrFN6O2/c24-19-20(12-1-3-13(4-2-12)23(32)33)30-22-17(11-29-31(22)21(19)26)14-5-6-18(28-9-14)15-7-16(25)10-27-8-15/h5-7,9-13,27H,1-4,8,26H2,(H,32,33). The number of anilines is 1. The first kappa shape index (κ1) is 21.6. The number of nitrogens with one attached hydrogen (secondary N) is 1. The number of nitrogen functional groups attached to an aromatic ring is 1. The number of aromatic nitrogens is 4. The van der Waals surface area contributed by atoms with Gasteiger partial charge in [0.25, 0.3) is 0 Å². The van der Waals surface area contributed by atoms with Crippen LogP contribution in [0.1, 0.15) is 43.0 Å². The number of pyridine rings is 1. The van der Waals surface area contributed by atoms with E-state index in [1.807, 2.05) is 12.1 Å². The maximum Gasteiger partial charge on any atom is 0.306 e. The highest BCUT2D eigenvalue weighted by atomic mass is 79.9. The molecule has 8 nitrogen and oxygen atoms in total. The average Bonchev–Trinajstić information content (AvgIpc) is 3.26. The summed E-state index contributed by atoms with van der Waals surface area (Å²) in [5.41, 5.74) is 10.9. The lowest BCUT2D eigenvalue weighted by Gasteiger charge is -2.26. The van der Waals surface area contributed by atoms with Crippen molar-refractivity contribution in [2.75, 3.05) is 12.3 Å². The van der Waals surface area contributed by atoms with Gasteiger partial charge in [0.15, 0.2) is 5.65 Å². The van der Waals surface area contributed by atoms with Crippen LogP contribution in [0.2, 0.25) is 0 Å². The maximum atomic E-state index is 13.5. The molecule has 2 aliphatic rings. The highest BCUT2D eigenvalue weighted by molar-refractivity contribution is 9.10. The molecule has 10 heteroatoms.